The van der Waals surface area contributed by atoms with Crippen molar-refractivity contribution in [2.75, 3.05) is 18.1 Å². The minimum absolute atomic E-state index is 0.781. The molecule has 3 heteroatoms. The van der Waals surface area contributed by atoms with E-state index in [-0.39, 0.29) is 0 Å². The topological polar surface area (TPSA) is 15.3 Å². The molecule has 1 saturated carbocycles. The SMILES string of the molecule is CC1CC(NC2CCSCC2)CN1C1CC1. The lowest BCUT2D eigenvalue weighted by Crippen LogP contribution is -2.42. The summed E-state index contributed by atoms with van der Waals surface area (Å²) in [5, 5.41) is 3.91. The van der Waals surface area contributed by atoms with Crippen molar-refractivity contribution in [3.63, 3.8) is 0 Å². The molecule has 2 nitrogen and oxygen atoms in total. The predicted octanol–water partition coefficient (Wildman–Crippen LogP) is 2.10. The molecule has 1 aliphatic carbocycles. The van der Waals surface area contributed by atoms with Crippen LogP contribution in [0.15, 0.2) is 0 Å². The maximum atomic E-state index is 3.91. The van der Waals surface area contributed by atoms with Gasteiger partial charge in [-0.25, -0.2) is 0 Å². The Kier molecular flexibility index (Phi) is 3.46. The number of nitrogens with zero attached hydrogens (tertiary/aromatic N) is 1. The summed E-state index contributed by atoms with van der Waals surface area (Å²) in [6, 6.07) is 3.37. The first-order valence-electron chi connectivity index (χ1n) is 6.92. The average Bonchev–Trinajstić information content (AvgIpc) is 3.06. The molecule has 0 amide bonds. The standard InChI is InChI=1S/C13H24N2S/c1-10-8-12(9-15(10)13-2-3-13)14-11-4-6-16-7-5-11/h10-14H,2-9H2,1H3. The van der Waals surface area contributed by atoms with Gasteiger partial charge in [0.2, 0.25) is 0 Å². The first kappa shape index (κ1) is 11.4. The van der Waals surface area contributed by atoms with Gasteiger partial charge in [-0.15, -0.1) is 0 Å². The van der Waals surface area contributed by atoms with Crippen molar-refractivity contribution in [2.24, 2.45) is 0 Å². The zero-order chi connectivity index (χ0) is 11.0. The van der Waals surface area contributed by atoms with Crippen molar-refractivity contribution in [2.45, 2.75) is 63.2 Å². The summed E-state index contributed by atoms with van der Waals surface area (Å²) in [5.41, 5.74) is 0. The molecule has 2 heterocycles. The third kappa shape index (κ3) is 2.57. The molecule has 0 aromatic rings. The van der Waals surface area contributed by atoms with Crippen LogP contribution in [0, 0.1) is 0 Å². The van der Waals surface area contributed by atoms with E-state index in [1.54, 1.807) is 0 Å². The first-order valence-corrected chi connectivity index (χ1v) is 8.08. The van der Waals surface area contributed by atoms with E-state index in [4.69, 9.17) is 0 Å². The second-order valence-electron chi connectivity index (χ2n) is 5.76. The number of rotatable bonds is 3. The number of hydrogen-bond donors (Lipinski definition) is 1. The van der Waals surface area contributed by atoms with Crippen LogP contribution < -0.4 is 5.32 Å². The lowest BCUT2D eigenvalue weighted by molar-refractivity contribution is 0.253. The van der Waals surface area contributed by atoms with Crippen molar-refractivity contribution in [3.05, 3.63) is 0 Å². The molecule has 2 saturated heterocycles. The Bertz CT molecular complexity index is 236. The molecule has 0 radical (unpaired) electrons. The van der Waals surface area contributed by atoms with Crippen LogP contribution in [0.25, 0.3) is 0 Å². The highest BCUT2D eigenvalue weighted by Crippen LogP contribution is 2.33. The van der Waals surface area contributed by atoms with E-state index in [2.05, 4.69) is 28.9 Å². The van der Waals surface area contributed by atoms with E-state index in [0.29, 0.717) is 0 Å². The van der Waals surface area contributed by atoms with E-state index >= 15 is 0 Å². The van der Waals surface area contributed by atoms with Crippen LogP contribution in [-0.4, -0.2) is 47.1 Å². The van der Waals surface area contributed by atoms with Gasteiger partial charge in [0.15, 0.2) is 0 Å². The van der Waals surface area contributed by atoms with Crippen molar-refractivity contribution in [3.8, 4) is 0 Å². The number of likely N-dealkylation sites (tertiary alicyclic amines) is 1. The molecule has 0 aromatic heterocycles. The second-order valence-corrected chi connectivity index (χ2v) is 6.99. The molecule has 2 aliphatic heterocycles. The van der Waals surface area contributed by atoms with Crippen molar-refractivity contribution in [1.29, 1.82) is 0 Å². The highest BCUT2D eigenvalue weighted by atomic mass is 32.2. The number of hydrogen-bond acceptors (Lipinski definition) is 3. The molecule has 1 N–H and O–H groups in total. The Morgan fingerprint density at radius 1 is 1.06 bits per heavy atom. The van der Waals surface area contributed by atoms with Crippen molar-refractivity contribution < 1.29 is 0 Å². The highest BCUT2D eigenvalue weighted by molar-refractivity contribution is 7.99. The van der Waals surface area contributed by atoms with Gasteiger partial charge in [0.05, 0.1) is 0 Å². The summed E-state index contributed by atoms with van der Waals surface area (Å²) in [6.45, 7) is 3.73. The summed E-state index contributed by atoms with van der Waals surface area (Å²) >= 11 is 2.12. The Hall–Kier alpha value is 0.270. The minimum Gasteiger partial charge on any atom is -0.310 e. The van der Waals surface area contributed by atoms with Gasteiger partial charge in [-0.1, -0.05) is 0 Å². The van der Waals surface area contributed by atoms with Gasteiger partial charge in [-0.3, -0.25) is 4.90 Å². The summed E-state index contributed by atoms with van der Waals surface area (Å²) in [5.74, 6) is 2.73. The van der Waals surface area contributed by atoms with Crippen LogP contribution in [0.3, 0.4) is 0 Å². The quantitative estimate of drug-likeness (QED) is 0.813. The zero-order valence-electron chi connectivity index (χ0n) is 10.3. The third-order valence-corrected chi connectivity index (χ3v) is 5.38. The molecule has 92 valence electrons. The third-order valence-electron chi connectivity index (χ3n) is 4.33. The fourth-order valence-electron chi connectivity index (χ4n) is 3.29. The van der Waals surface area contributed by atoms with Gasteiger partial charge in [-0.2, -0.15) is 11.8 Å². The monoisotopic (exact) mass is 240 g/mol. The van der Waals surface area contributed by atoms with E-state index in [0.717, 1.165) is 24.2 Å². The summed E-state index contributed by atoms with van der Waals surface area (Å²) < 4.78 is 0. The van der Waals surface area contributed by atoms with Gasteiger partial charge < -0.3 is 5.32 Å². The van der Waals surface area contributed by atoms with Crippen LogP contribution >= 0.6 is 11.8 Å². The van der Waals surface area contributed by atoms with Crippen LogP contribution in [0.4, 0.5) is 0 Å². The van der Waals surface area contributed by atoms with E-state index in [1.165, 1.54) is 50.2 Å². The van der Waals surface area contributed by atoms with E-state index in [9.17, 15) is 0 Å². The van der Waals surface area contributed by atoms with Crippen molar-refractivity contribution >= 4 is 11.8 Å². The average molecular weight is 240 g/mol. The lowest BCUT2D eigenvalue weighted by atomic mass is 10.1. The van der Waals surface area contributed by atoms with Crippen LogP contribution in [-0.2, 0) is 0 Å². The zero-order valence-corrected chi connectivity index (χ0v) is 11.1. The smallest absolute Gasteiger partial charge is 0.0212 e. The summed E-state index contributed by atoms with van der Waals surface area (Å²) in [7, 11) is 0. The van der Waals surface area contributed by atoms with Crippen LogP contribution in [0.5, 0.6) is 0 Å². The van der Waals surface area contributed by atoms with Crippen LogP contribution in [0.1, 0.15) is 39.0 Å². The molecular formula is C13H24N2S. The molecule has 0 bridgehead atoms. The molecule has 3 fully saturated rings. The van der Waals surface area contributed by atoms with Crippen molar-refractivity contribution in [1.82, 2.24) is 10.2 Å². The molecule has 3 aliphatic rings. The molecule has 3 rings (SSSR count). The fraction of sp³-hybridized carbons (Fsp3) is 1.00. The van der Waals surface area contributed by atoms with Gasteiger partial charge in [0.25, 0.3) is 0 Å². The van der Waals surface area contributed by atoms with Gasteiger partial charge in [0.1, 0.15) is 0 Å². The summed E-state index contributed by atoms with van der Waals surface area (Å²) in [4.78, 5) is 2.75. The number of thioether (sulfide) groups is 1. The predicted molar refractivity (Wildman–Crippen MR) is 71.1 cm³/mol. The second kappa shape index (κ2) is 4.87. The first-order chi connectivity index (χ1) is 7.83. The maximum absolute atomic E-state index is 3.91. The maximum Gasteiger partial charge on any atom is 0.0212 e. The summed E-state index contributed by atoms with van der Waals surface area (Å²) in [6.07, 6.45) is 7.06. The Morgan fingerprint density at radius 3 is 2.50 bits per heavy atom. The minimum atomic E-state index is 0.781. The fourth-order valence-corrected chi connectivity index (χ4v) is 4.40. The van der Waals surface area contributed by atoms with Gasteiger partial charge in [-0.05, 0) is 50.5 Å². The molecule has 0 aromatic carbocycles. The Labute approximate surface area is 104 Å². The molecule has 2 unspecified atom stereocenters. The Balaban J connectivity index is 1.48. The normalized spacial score (nSPS) is 38.1. The van der Waals surface area contributed by atoms with Gasteiger partial charge in [0, 0.05) is 30.7 Å². The van der Waals surface area contributed by atoms with E-state index in [1.807, 2.05) is 0 Å². The van der Waals surface area contributed by atoms with Crippen LogP contribution in [0.2, 0.25) is 0 Å². The van der Waals surface area contributed by atoms with Gasteiger partial charge >= 0.3 is 0 Å². The molecule has 0 spiro atoms. The number of nitrogens with one attached hydrogen (secondary N) is 1. The van der Waals surface area contributed by atoms with E-state index < -0.39 is 0 Å². The highest BCUT2D eigenvalue weighted by Gasteiger charge is 2.39. The Morgan fingerprint density at radius 2 is 1.81 bits per heavy atom. The molecule has 16 heavy (non-hydrogen) atoms. The molecular weight excluding hydrogens is 216 g/mol. The lowest BCUT2D eigenvalue weighted by Gasteiger charge is -2.26. The molecule has 2 atom stereocenters. The largest absolute Gasteiger partial charge is 0.310 e.